The van der Waals surface area contributed by atoms with E-state index < -0.39 is 10.0 Å². The van der Waals surface area contributed by atoms with Crippen LogP contribution in [0.15, 0.2) is 23.2 Å². The number of hydrogen-bond donors (Lipinski definition) is 2. The molecule has 21 heavy (non-hydrogen) atoms. The third-order valence-corrected chi connectivity index (χ3v) is 4.12. The van der Waals surface area contributed by atoms with E-state index >= 15 is 0 Å². The van der Waals surface area contributed by atoms with Gasteiger partial charge >= 0.3 is 0 Å². The number of hydrogen-bond acceptors (Lipinski definition) is 7. The molecule has 0 saturated heterocycles. The SMILES string of the molecule is CCc1nnc(NS(=O)(=O)c2ccnc(N)c2)nc1CC. The zero-order chi connectivity index (χ0) is 15.5. The van der Waals surface area contributed by atoms with Crippen LogP contribution < -0.4 is 10.5 Å². The summed E-state index contributed by atoms with van der Waals surface area (Å²) in [6.45, 7) is 3.86. The fourth-order valence-electron chi connectivity index (χ4n) is 1.76. The molecule has 2 aromatic rings. The number of rotatable bonds is 5. The maximum absolute atomic E-state index is 12.2. The van der Waals surface area contributed by atoms with Gasteiger partial charge in [0.15, 0.2) is 0 Å². The molecule has 0 fully saturated rings. The van der Waals surface area contributed by atoms with Crippen molar-refractivity contribution in [2.75, 3.05) is 10.5 Å². The average molecular weight is 308 g/mol. The highest BCUT2D eigenvalue weighted by molar-refractivity contribution is 7.92. The topological polar surface area (TPSA) is 124 Å². The minimum Gasteiger partial charge on any atom is -0.384 e. The van der Waals surface area contributed by atoms with Gasteiger partial charge in [0.05, 0.1) is 16.3 Å². The first-order valence-electron chi connectivity index (χ1n) is 6.43. The van der Waals surface area contributed by atoms with Crippen molar-refractivity contribution >= 4 is 21.8 Å². The van der Waals surface area contributed by atoms with Crippen molar-refractivity contribution in [3.63, 3.8) is 0 Å². The van der Waals surface area contributed by atoms with Gasteiger partial charge in [-0.2, -0.15) is 0 Å². The molecule has 0 spiro atoms. The fraction of sp³-hybridized carbons (Fsp3) is 0.333. The monoisotopic (exact) mass is 308 g/mol. The highest BCUT2D eigenvalue weighted by Crippen LogP contribution is 2.15. The number of nitrogens with two attached hydrogens (primary N) is 1. The molecule has 0 aliphatic heterocycles. The molecule has 0 radical (unpaired) electrons. The molecule has 9 heteroatoms. The molecular weight excluding hydrogens is 292 g/mol. The predicted molar refractivity (Wildman–Crippen MR) is 78.0 cm³/mol. The van der Waals surface area contributed by atoms with E-state index in [1.54, 1.807) is 0 Å². The van der Waals surface area contributed by atoms with Crippen molar-refractivity contribution < 1.29 is 8.42 Å². The largest absolute Gasteiger partial charge is 0.384 e. The van der Waals surface area contributed by atoms with E-state index in [1.165, 1.54) is 18.3 Å². The lowest BCUT2D eigenvalue weighted by atomic mass is 10.2. The number of nitrogens with one attached hydrogen (secondary N) is 1. The standard InChI is InChI=1S/C12H16N6O2S/c1-3-9-10(4-2)16-17-12(15-9)18-21(19,20)8-5-6-14-11(13)7-8/h5-7H,3-4H2,1-2H3,(H2,13,14)(H,15,17,18). The molecular formula is C12H16N6O2S. The van der Waals surface area contributed by atoms with Gasteiger partial charge in [-0.25, -0.2) is 23.1 Å². The minimum atomic E-state index is -3.82. The van der Waals surface area contributed by atoms with Crippen LogP contribution >= 0.6 is 0 Å². The Balaban J connectivity index is 2.33. The summed E-state index contributed by atoms with van der Waals surface area (Å²) in [5.74, 6) is 0.0620. The van der Waals surface area contributed by atoms with Crippen LogP contribution in [0.1, 0.15) is 25.2 Å². The highest BCUT2D eigenvalue weighted by Gasteiger charge is 2.17. The molecule has 0 amide bonds. The first-order valence-corrected chi connectivity index (χ1v) is 7.91. The molecule has 0 aromatic carbocycles. The lowest BCUT2D eigenvalue weighted by Crippen LogP contribution is -2.17. The molecule has 0 saturated carbocycles. The molecule has 2 rings (SSSR count). The molecule has 0 aliphatic carbocycles. The van der Waals surface area contributed by atoms with Crippen LogP contribution in [0.5, 0.6) is 0 Å². The maximum atomic E-state index is 12.2. The molecule has 8 nitrogen and oxygen atoms in total. The summed E-state index contributed by atoms with van der Waals surface area (Å²) in [5, 5.41) is 7.78. The van der Waals surface area contributed by atoms with Crippen LogP contribution in [0.2, 0.25) is 0 Å². The average Bonchev–Trinajstić information content (AvgIpc) is 2.46. The van der Waals surface area contributed by atoms with E-state index in [0.717, 1.165) is 11.4 Å². The van der Waals surface area contributed by atoms with E-state index in [-0.39, 0.29) is 16.7 Å². The van der Waals surface area contributed by atoms with Crippen LogP contribution in [0.25, 0.3) is 0 Å². The summed E-state index contributed by atoms with van der Waals surface area (Å²) in [6.07, 6.45) is 2.66. The second-order valence-electron chi connectivity index (χ2n) is 4.26. The second-order valence-corrected chi connectivity index (χ2v) is 5.94. The first-order chi connectivity index (χ1) is 9.96. The summed E-state index contributed by atoms with van der Waals surface area (Å²) in [6, 6.07) is 2.60. The summed E-state index contributed by atoms with van der Waals surface area (Å²) < 4.78 is 26.7. The first kappa shape index (κ1) is 15.1. The Hall–Kier alpha value is -2.29. The number of nitrogen functional groups attached to an aromatic ring is 1. The Bertz CT molecular complexity index is 747. The van der Waals surface area contributed by atoms with Gasteiger partial charge in [-0.15, -0.1) is 10.2 Å². The molecule has 2 aromatic heterocycles. The van der Waals surface area contributed by atoms with Gasteiger partial charge in [0.25, 0.3) is 16.0 Å². The number of nitrogens with zero attached hydrogens (tertiary/aromatic N) is 4. The summed E-state index contributed by atoms with van der Waals surface area (Å²) >= 11 is 0. The van der Waals surface area contributed by atoms with Gasteiger partial charge in [-0.05, 0) is 18.9 Å². The maximum Gasteiger partial charge on any atom is 0.264 e. The lowest BCUT2D eigenvalue weighted by molar-refractivity contribution is 0.600. The molecule has 0 aliphatic rings. The van der Waals surface area contributed by atoms with Gasteiger partial charge in [0.2, 0.25) is 0 Å². The molecule has 0 atom stereocenters. The summed E-state index contributed by atoms with van der Waals surface area (Å²) in [7, 11) is -3.82. The number of aromatic nitrogens is 4. The van der Waals surface area contributed by atoms with Crippen molar-refractivity contribution in [1.82, 2.24) is 20.2 Å². The van der Waals surface area contributed by atoms with Crippen LogP contribution in [-0.4, -0.2) is 28.6 Å². The molecule has 0 unspecified atom stereocenters. The number of pyridine rings is 1. The third kappa shape index (κ3) is 3.43. The Morgan fingerprint density at radius 1 is 1.19 bits per heavy atom. The van der Waals surface area contributed by atoms with Gasteiger partial charge in [-0.1, -0.05) is 13.8 Å². The minimum absolute atomic E-state index is 0.00350. The van der Waals surface area contributed by atoms with Crippen molar-refractivity contribution in [2.24, 2.45) is 0 Å². The number of sulfonamides is 1. The van der Waals surface area contributed by atoms with E-state index in [1.807, 2.05) is 13.8 Å². The van der Waals surface area contributed by atoms with Gasteiger partial charge in [0, 0.05) is 12.3 Å². The molecule has 0 bridgehead atoms. The Morgan fingerprint density at radius 3 is 2.52 bits per heavy atom. The zero-order valence-electron chi connectivity index (χ0n) is 11.7. The van der Waals surface area contributed by atoms with Crippen LogP contribution in [0.3, 0.4) is 0 Å². The fourth-order valence-corrected chi connectivity index (χ4v) is 2.72. The van der Waals surface area contributed by atoms with Gasteiger partial charge in [0.1, 0.15) is 5.82 Å². The van der Waals surface area contributed by atoms with Gasteiger partial charge < -0.3 is 5.73 Å². The Kier molecular flexibility index (Phi) is 4.32. The Labute approximate surface area is 122 Å². The van der Waals surface area contributed by atoms with Crippen LogP contribution in [0, 0.1) is 0 Å². The van der Waals surface area contributed by atoms with Crippen molar-refractivity contribution in [3.8, 4) is 0 Å². The molecule has 3 N–H and O–H groups in total. The van der Waals surface area contributed by atoms with Crippen molar-refractivity contribution in [3.05, 3.63) is 29.7 Å². The molecule has 2 heterocycles. The van der Waals surface area contributed by atoms with Crippen molar-refractivity contribution in [1.29, 1.82) is 0 Å². The van der Waals surface area contributed by atoms with Gasteiger partial charge in [-0.3, -0.25) is 0 Å². The Morgan fingerprint density at radius 2 is 1.90 bits per heavy atom. The quantitative estimate of drug-likeness (QED) is 0.836. The smallest absolute Gasteiger partial charge is 0.264 e. The summed E-state index contributed by atoms with van der Waals surface area (Å²) in [5.41, 5.74) is 6.96. The predicted octanol–water partition coefficient (Wildman–Crippen LogP) is 0.774. The molecule has 112 valence electrons. The number of aryl methyl sites for hydroxylation is 2. The zero-order valence-corrected chi connectivity index (χ0v) is 12.6. The second kappa shape index (κ2) is 6.00. The number of anilines is 2. The van der Waals surface area contributed by atoms with E-state index in [0.29, 0.717) is 12.8 Å². The normalized spacial score (nSPS) is 11.3. The third-order valence-electron chi connectivity index (χ3n) is 2.80. The summed E-state index contributed by atoms with van der Waals surface area (Å²) in [4.78, 5) is 7.93. The van der Waals surface area contributed by atoms with E-state index in [4.69, 9.17) is 5.73 Å². The van der Waals surface area contributed by atoms with Crippen LogP contribution in [0.4, 0.5) is 11.8 Å². The highest BCUT2D eigenvalue weighted by atomic mass is 32.2. The van der Waals surface area contributed by atoms with E-state index in [2.05, 4.69) is 24.9 Å². The van der Waals surface area contributed by atoms with Crippen LogP contribution in [-0.2, 0) is 22.9 Å². The van der Waals surface area contributed by atoms with Crippen molar-refractivity contribution in [2.45, 2.75) is 31.6 Å². The van der Waals surface area contributed by atoms with E-state index in [9.17, 15) is 8.42 Å². The lowest BCUT2D eigenvalue weighted by Gasteiger charge is -2.08.